The van der Waals surface area contributed by atoms with E-state index in [-0.39, 0.29) is 29.6 Å². The van der Waals surface area contributed by atoms with Crippen molar-refractivity contribution in [3.63, 3.8) is 0 Å². The van der Waals surface area contributed by atoms with E-state index in [1.54, 1.807) is 0 Å². The Kier molecular flexibility index (Phi) is 8.80. The highest BCUT2D eigenvalue weighted by atomic mass is 127. The number of piperidine rings is 1. The van der Waals surface area contributed by atoms with E-state index in [1.807, 2.05) is 14.2 Å². The van der Waals surface area contributed by atoms with Crippen LogP contribution in [0.25, 0.3) is 0 Å². The summed E-state index contributed by atoms with van der Waals surface area (Å²) < 4.78 is 11.4. The molecule has 0 saturated carbocycles. The lowest BCUT2D eigenvalue weighted by atomic mass is 9.94. The molecule has 3 aliphatic rings. The smallest absolute Gasteiger partial charge is 0.191 e. The van der Waals surface area contributed by atoms with E-state index in [4.69, 9.17) is 9.47 Å². The number of hydrogen-bond acceptors (Lipinski definition) is 4. The molecule has 3 heterocycles. The Labute approximate surface area is 198 Å². The lowest BCUT2D eigenvalue weighted by Gasteiger charge is -2.40. The van der Waals surface area contributed by atoms with Crippen molar-refractivity contribution in [3.8, 4) is 0 Å². The zero-order valence-electron chi connectivity index (χ0n) is 18.3. The Hall–Kier alpha value is -0.900. The largest absolute Gasteiger partial charge is 0.381 e. The van der Waals surface area contributed by atoms with E-state index in [1.165, 1.54) is 31.2 Å². The van der Waals surface area contributed by atoms with Gasteiger partial charge >= 0.3 is 0 Å². The van der Waals surface area contributed by atoms with Crippen molar-refractivity contribution in [1.29, 1.82) is 0 Å². The Bertz CT molecular complexity index is 667. The van der Waals surface area contributed by atoms with Crippen molar-refractivity contribution in [2.24, 2.45) is 4.99 Å². The number of nitrogens with zero attached hydrogens (tertiary/aromatic N) is 2. The van der Waals surface area contributed by atoms with Gasteiger partial charge in [-0.1, -0.05) is 30.3 Å². The van der Waals surface area contributed by atoms with Crippen LogP contribution in [0.15, 0.2) is 35.3 Å². The second-order valence-electron chi connectivity index (χ2n) is 8.78. The van der Waals surface area contributed by atoms with Crippen LogP contribution in [0.5, 0.6) is 0 Å². The molecule has 0 spiro atoms. The maximum atomic E-state index is 5.85. The molecule has 1 aromatic rings. The third-order valence-corrected chi connectivity index (χ3v) is 7.07. The summed E-state index contributed by atoms with van der Waals surface area (Å²) in [5.41, 5.74) is 1.28. The summed E-state index contributed by atoms with van der Waals surface area (Å²) in [4.78, 5) is 7.21. The third kappa shape index (κ3) is 5.66. The van der Waals surface area contributed by atoms with Crippen molar-refractivity contribution in [2.45, 2.75) is 68.8 Å². The normalized spacial score (nSPS) is 28.6. The van der Waals surface area contributed by atoms with Crippen LogP contribution in [0, 0.1) is 0 Å². The van der Waals surface area contributed by atoms with Crippen LogP contribution >= 0.6 is 24.0 Å². The van der Waals surface area contributed by atoms with Crippen molar-refractivity contribution in [1.82, 2.24) is 15.5 Å². The maximum absolute atomic E-state index is 5.85. The van der Waals surface area contributed by atoms with Gasteiger partial charge in [0.25, 0.3) is 0 Å². The Morgan fingerprint density at radius 3 is 2.43 bits per heavy atom. The second kappa shape index (κ2) is 11.1. The van der Waals surface area contributed by atoms with Gasteiger partial charge in [-0.2, -0.15) is 0 Å². The molecule has 3 fully saturated rings. The number of halogens is 1. The first kappa shape index (κ1) is 23.8. The molecule has 6 nitrogen and oxygen atoms in total. The third-order valence-electron chi connectivity index (χ3n) is 7.07. The van der Waals surface area contributed by atoms with Gasteiger partial charge in [0.05, 0.1) is 5.60 Å². The van der Waals surface area contributed by atoms with Crippen LogP contribution in [0.2, 0.25) is 0 Å². The highest BCUT2D eigenvalue weighted by molar-refractivity contribution is 14.0. The molecule has 7 heteroatoms. The Balaban J connectivity index is 0.00000256. The number of aliphatic imine (C=N–C) groups is 1. The number of ether oxygens (including phenoxy) is 2. The van der Waals surface area contributed by atoms with Crippen LogP contribution in [0.4, 0.5) is 0 Å². The average molecular weight is 528 g/mol. The van der Waals surface area contributed by atoms with Gasteiger partial charge in [-0.05, 0) is 31.2 Å². The van der Waals surface area contributed by atoms with Crippen LogP contribution in [-0.2, 0) is 16.0 Å². The average Bonchev–Trinajstić information content (AvgIpc) is 3.00. The standard InChI is InChI=1S/C23H36N4O2.HI/c1-24-22(25-17-23(28-2)10-12-29-13-11-23)26-19-14-20-8-9-21(15-19)27(20)16-18-6-4-3-5-7-18;/h3-7,19-21H,8-17H2,1-2H3,(H2,24,25,26);1H. The number of fused-ring (bicyclic) bond motifs is 2. The van der Waals surface area contributed by atoms with Gasteiger partial charge in [-0.15, -0.1) is 24.0 Å². The molecular weight excluding hydrogens is 491 g/mol. The fourth-order valence-corrected chi connectivity index (χ4v) is 5.27. The first-order valence-corrected chi connectivity index (χ1v) is 11.1. The molecule has 0 radical (unpaired) electrons. The molecule has 4 rings (SSSR count). The van der Waals surface area contributed by atoms with Gasteiger partial charge in [0.15, 0.2) is 5.96 Å². The number of rotatable bonds is 6. The number of benzene rings is 1. The highest BCUT2D eigenvalue weighted by Crippen LogP contribution is 2.36. The minimum Gasteiger partial charge on any atom is -0.381 e. The first-order valence-electron chi connectivity index (χ1n) is 11.1. The molecule has 2 unspecified atom stereocenters. The summed E-state index contributed by atoms with van der Waals surface area (Å²) in [5.74, 6) is 0.897. The van der Waals surface area contributed by atoms with E-state index < -0.39 is 0 Å². The number of hydrogen-bond donors (Lipinski definition) is 2. The zero-order valence-corrected chi connectivity index (χ0v) is 20.6. The van der Waals surface area contributed by atoms with Crippen LogP contribution in [-0.4, -0.2) is 68.5 Å². The van der Waals surface area contributed by atoms with Gasteiger partial charge in [0.2, 0.25) is 0 Å². The highest BCUT2D eigenvalue weighted by Gasteiger charge is 2.41. The van der Waals surface area contributed by atoms with E-state index in [2.05, 4.69) is 50.9 Å². The fraction of sp³-hybridized carbons (Fsp3) is 0.696. The molecule has 0 amide bonds. The van der Waals surface area contributed by atoms with E-state index in [0.717, 1.165) is 45.1 Å². The van der Waals surface area contributed by atoms with Crippen molar-refractivity contribution >= 4 is 29.9 Å². The summed E-state index contributed by atoms with van der Waals surface area (Å²) in [6.45, 7) is 3.39. The fourth-order valence-electron chi connectivity index (χ4n) is 5.27. The summed E-state index contributed by atoms with van der Waals surface area (Å²) in [5, 5.41) is 7.22. The Morgan fingerprint density at radius 2 is 1.83 bits per heavy atom. The number of guanidine groups is 1. The summed E-state index contributed by atoms with van der Waals surface area (Å²) in [6, 6.07) is 12.7. The summed E-state index contributed by atoms with van der Waals surface area (Å²) in [7, 11) is 3.67. The van der Waals surface area contributed by atoms with Gasteiger partial charge < -0.3 is 20.1 Å². The minimum absolute atomic E-state index is 0. The van der Waals surface area contributed by atoms with Crippen molar-refractivity contribution < 1.29 is 9.47 Å². The lowest BCUT2D eigenvalue weighted by molar-refractivity contribution is -0.0856. The predicted molar refractivity (Wildman–Crippen MR) is 132 cm³/mol. The molecule has 3 saturated heterocycles. The molecular formula is C23H37IN4O2. The topological polar surface area (TPSA) is 58.1 Å². The molecule has 1 aromatic carbocycles. The SMILES string of the molecule is CN=C(NCC1(OC)CCOCC1)NC1CC2CCC(C1)N2Cc1ccccc1.I. The first-order chi connectivity index (χ1) is 14.2. The lowest BCUT2D eigenvalue weighted by Crippen LogP contribution is -2.55. The number of methoxy groups -OCH3 is 1. The molecule has 168 valence electrons. The van der Waals surface area contributed by atoms with Gasteiger partial charge in [0, 0.05) is 71.4 Å². The summed E-state index contributed by atoms with van der Waals surface area (Å²) >= 11 is 0. The molecule has 0 aromatic heterocycles. The summed E-state index contributed by atoms with van der Waals surface area (Å²) in [6.07, 6.45) is 6.86. The zero-order chi connectivity index (χ0) is 20.1. The van der Waals surface area contributed by atoms with Gasteiger partial charge in [-0.25, -0.2) is 0 Å². The van der Waals surface area contributed by atoms with Gasteiger partial charge in [0.1, 0.15) is 0 Å². The molecule has 2 atom stereocenters. The van der Waals surface area contributed by atoms with Crippen LogP contribution in [0.1, 0.15) is 44.1 Å². The predicted octanol–water partition coefficient (Wildman–Crippen LogP) is 3.16. The van der Waals surface area contributed by atoms with Crippen molar-refractivity contribution in [2.75, 3.05) is 33.9 Å². The molecule has 0 aliphatic carbocycles. The van der Waals surface area contributed by atoms with Crippen LogP contribution < -0.4 is 10.6 Å². The maximum Gasteiger partial charge on any atom is 0.191 e. The molecule has 30 heavy (non-hydrogen) atoms. The minimum atomic E-state index is -0.145. The Morgan fingerprint density at radius 1 is 1.17 bits per heavy atom. The van der Waals surface area contributed by atoms with Gasteiger partial charge in [-0.3, -0.25) is 9.89 Å². The van der Waals surface area contributed by atoms with Crippen molar-refractivity contribution in [3.05, 3.63) is 35.9 Å². The molecule has 3 aliphatic heterocycles. The van der Waals surface area contributed by atoms with E-state index >= 15 is 0 Å². The monoisotopic (exact) mass is 528 g/mol. The molecule has 2 bridgehead atoms. The van der Waals surface area contributed by atoms with E-state index in [9.17, 15) is 0 Å². The van der Waals surface area contributed by atoms with Crippen LogP contribution in [0.3, 0.4) is 0 Å². The number of nitrogens with one attached hydrogen (secondary N) is 2. The quantitative estimate of drug-likeness (QED) is 0.338. The second-order valence-corrected chi connectivity index (χ2v) is 8.78. The van der Waals surface area contributed by atoms with E-state index in [0.29, 0.717) is 18.1 Å². The molecule has 2 N–H and O–H groups in total.